The third-order valence-corrected chi connectivity index (χ3v) is 5.61. The van der Waals surface area contributed by atoms with Crippen molar-refractivity contribution in [2.75, 3.05) is 6.61 Å². The number of aliphatic hydroxyl groups is 1. The molecule has 0 bridgehead atoms. The number of aliphatic hydroxyl groups excluding tert-OH is 1. The van der Waals surface area contributed by atoms with Gasteiger partial charge in [-0.1, -0.05) is 6.07 Å². The second kappa shape index (κ2) is 3.65. The van der Waals surface area contributed by atoms with Crippen molar-refractivity contribution in [2.45, 2.75) is 25.2 Å². The summed E-state index contributed by atoms with van der Waals surface area (Å²) in [6.45, 7) is 2.32. The van der Waals surface area contributed by atoms with Crippen molar-refractivity contribution in [2.24, 2.45) is 0 Å². The van der Waals surface area contributed by atoms with E-state index in [0.29, 0.717) is 0 Å². The molecular weight excluding hydrogens is 238 g/mol. The Bertz CT molecular complexity index is 497. The first-order valence-electron chi connectivity index (χ1n) is 5.38. The molecule has 1 saturated carbocycles. The molecule has 0 unspecified atom stereocenters. The molecule has 2 nitrogen and oxygen atoms in total. The van der Waals surface area contributed by atoms with E-state index in [2.05, 4.69) is 29.4 Å². The van der Waals surface area contributed by atoms with Crippen LogP contribution in [0.5, 0.6) is 0 Å². The van der Waals surface area contributed by atoms with Crippen molar-refractivity contribution >= 4 is 22.7 Å². The van der Waals surface area contributed by atoms with E-state index >= 15 is 0 Å². The van der Waals surface area contributed by atoms with Crippen LogP contribution in [-0.4, -0.2) is 16.7 Å². The van der Waals surface area contributed by atoms with Crippen LogP contribution < -0.4 is 0 Å². The van der Waals surface area contributed by atoms with E-state index in [0.717, 1.165) is 23.5 Å². The van der Waals surface area contributed by atoms with Crippen molar-refractivity contribution in [1.82, 2.24) is 4.98 Å². The minimum absolute atomic E-state index is 0.0528. The van der Waals surface area contributed by atoms with Gasteiger partial charge in [-0.15, -0.1) is 22.7 Å². The molecule has 0 saturated heterocycles. The summed E-state index contributed by atoms with van der Waals surface area (Å²) in [6.07, 6.45) is 2.22. The first-order chi connectivity index (χ1) is 7.75. The molecule has 0 aromatic carbocycles. The van der Waals surface area contributed by atoms with Crippen LogP contribution >= 0.6 is 22.7 Å². The van der Waals surface area contributed by atoms with Gasteiger partial charge in [0.15, 0.2) is 0 Å². The van der Waals surface area contributed by atoms with E-state index < -0.39 is 0 Å². The van der Waals surface area contributed by atoms with Crippen LogP contribution in [0.15, 0.2) is 17.5 Å². The van der Waals surface area contributed by atoms with Crippen LogP contribution in [0, 0.1) is 6.92 Å². The Kier molecular flexibility index (Phi) is 2.38. The Balaban J connectivity index is 2.03. The number of nitrogens with zero attached hydrogens (tertiary/aromatic N) is 1. The highest BCUT2D eigenvalue weighted by molar-refractivity contribution is 7.21. The van der Waals surface area contributed by atoms with Crippen LogP contribution in [0.4, 0.5) is 0 Å². The SMILES string of the molecule is Cc1nc(-c2cccs2)sc1C1(CO)CC1. The maximum Gasteiger partial charge on any atom is 0.133 e. The number of thiazole rings is 1. The number of aromatic nitrogens is 1. The van der Waals surface area contributed by atoms with Gasteiger partial charge in [0.2, 0.25) is 0 Å². The van der Waals surface area contributed by atoms with Crippen molar-refractivity contribution in [1.29, 1.82) is 0 Å². The van der Waals surface area contributed by atoms with E-state index in [-0.39, 0.29) is 12.0 Å². The average Bonchev–Trinajstić information content (AvgIpc) is 2.74. The zero-order valence-corrected chi connectivity index (χ0v) is 10.7. The Labute approximate surface area is 103 Å². The molecule has 0 atom stereocenters. The molecule has 2 aromatic rings. The van der Waals surface area contributed by atoms with Crippen molar-refractivity contribution in [3.63, 3.8) is 0 Å². The molecule has 1 fully saturated rings. The van der Waals surface area contributed by atoms with Crippen LogP contribution in [0.3, 0.4) is 0 Å². The lowest BCUT2D eigenvalue weighted by Crippen LogP contribution is -2.11. The topological polar surface area (TPSA) is 33.1 Å². The van der Waals surface area contributed by atoms with Gasteiger partial charge in [0.25, 0.3) is 0 Å². The average molecular weight is 251 g/mol. The molecule has 0 amide bonds. The molecule has 1 aliphatic rings. The summed E-state index contributed by atoms with van der Waals surface area (Å²) >= 11 is 3.47. The predicted octanol–water partition coefficient (Wildman–Crippen LogP) is 3.20. The summed E-state index contributed by atoms with van der Waals surface area (Å²) in [5.41, 5.74) is 1.15. The van der Waals surface area contributed by atoms with E-state index in [1.807, 2.05) is 0 Å². The van der Waals surface area contributed by atoms with Gasteiger partial charge in [-0.3, -0.25) is 0 Å². The molecule has 0 spiro atoms. The molecule has 0 aliphatic heterocycles. The van der Waals surface area contributed by atoms with Crippen molar-refractivity contribution in [3.05, 3.63) is 28.1 Å². The fourth-order valence-corrected chi connectivity index (χ4v) is 4.10. The normalized spacial score (nSPS) is 17.6. The van der Waals surface area contributed by atoms with E-state index in [4.69, 9.17) is 0 Å². The van der Waals surface area contributed by atoms with Gasteiger partial charge in [0.1, 0.15) is 5.01 Å². The van der Waals surface area contributed by atoms with E-state index in [9.17, 15) is 5.11 Å². The Morgan fingerprint density at radius 2 is 2.31 bits per heavy atom. The second-order valence-electron chi connectivity index (χ2n) is 4.35. The first-order valence-corrected chi connectivity index (χ1v) is 7.07. The summed E-state index contributed by atoms with van der Waals surface area (Å²) in [6, 6.07) is 4.15. The van der Waals surface area contributed by atoms with Crippen LogP contribution in [0.1, 0.15) is 23.4 Å². The van der Waals surface area contributed by atoms with Gasteiger partial charge in [0.05, 0.1) is 17.2 Å². The third-order valence-electron chi connectivity index (χ3n) is 3.17. The van der Waals surface area contributed by atoms with Crippen molar-refractivity contribution in [3.8, 4) is 9.88 Å². The molecule has 2 aromatic heterocycles. The summed E-state index contributed by atoms with van der Waals surface area (Å²) < 4.78 is 0. The summed E-state index contributed by atoms with van der Waals surface area (Å²) in [7, 11) is 0. The fraction of sp³-hybridized carbons (Fsp3) is 0.417. The van der Waals surface area contributed by atoms with Crippen LogP contribution in [-0.2, 0) is 5.41 Å². The van der Waals surface area contributed by atoms with Crippen molar-refractivity contribution < 1.29 is 5.11 Å². The molecule has 3 rings (SSSR count). The first kappa shape index (κ1) is 10.4. The molecule has 16 heavy (non-hydrogen) atoms. The standard InChI is InChI=1S/C12H13NOS2/c1-8-10(12(7-14)4-5-12)16-11(13-8)9-3-2-6-15-9/h2-3,6,14H,4-5,7H2,1H3. The van der Waals surface area contributed by atoms with Crippen LogP contribution in [0.25, 0.3) is 9.88 Å². The lowest BCUT2D eigenvalue weighted by Gasteiger charge is -2.08. The maximum atomic E-state index is 9.46. The third kappa shape index (κ3) is 1.52. The number of hydrogen-bond donors (Lipinski definition) is 1. The Hall–Kier alpha value is -0.710. The van der Waals surface area contributed by atoms with Gasteiger partial charge >= 0.3 is 0 Å². The number of aryl methyl sites for hydroxylation is 1. The minimum Gasteiger partial charge on any atom is -0.395 e. The zero-order valence-electron chi connectivity index (χ0n) is 9.06. The quantitative estimate of drug-likeness (QED) is 0.908. The Morgan fingerprint density at radius 1 is 1.50 bits per heavy atom. The van der Waals surface area contributed by atoms with Crippen LogP contribution in [0.2, 0.25) is 0 Å². The van der Waals surface area contributed by atoms with E-state index in [1.165, 1.54) is 9.75 Å². The highest BCUT2D eigenvalue weighted by Crippen LogP contribution is 2.52. The number of thiophene rings is 1. The summed E-state index contributed by atoms with van der Waals surface area (Å²) in [5.74, 6) is 0. The van der Waals surface area contributed by atoms with Gasteiger partial charge < -0.3 is 5.11 Å². The van der Waals surface area contributed by atoms with E-state index in [1.54, 1.807) is 22.7 Å². The molecule has 1 aliphatic carbocycles. The number of rotatable bonds is 3. The second-order valence-corrected chi connectivity index (χ2v) is 6.30. The fourth-order valence-electron chi connectivity index (χ4n) is 2.00. The smallest absolute Gasteiger partial charge is 0.133 e. The monoisotopic (exact) mass is 251 g/mol. The molecule has 84 valence electrons. The summed E-state index contributed by atoms with van der Waals surface area (Å²) in [4.78, 5) is 7.15. The summed E-state index contributed by atoms with van der Waals surface area (Å²) in [5, 5.41) is 12.6. The van der Waals surface area contributed by atoms with Gasteiger partial charge in [-0.2, -0.15) is 0 Å². The highest BCUT2D eigenvalue weighted by atomic mass is 32.1. The van der Waals surface area contributed by atoms with Gasteiger partial charge in [-0.05, 0) is 31.2 Å². The molecule has 0 radical (unpaired) electrons. The molecule has 2 heterocycles. The largest absolute Gasteiger partial charge is 0.395 e. The maximum absolute atomic E-state index is 9.46. The minimum atomic E-state index is 0.0528. The lowest BCUT2D eigenvalue weighted by molar-refractivity contribution is 0.256. The molecule has 1 N–H and O–H groups in total. The van der Waals surface area contributed by atoms with Gasteiger partial charge in [0, 0.05) is 10.3 Å². The predicted molar refractivity (Wildman–Crippen MR) is 68.2 cm³/mol. The zero-order chi connectivity index (χ0) is 11.2. The highest BCUT2D eigenvalue weighted by Gasteiger charge is 2.46. The molecule has 4 heteroatoms. The lowest BCUT2D eigenvalue weighted by atomic mass is 10.1. The molecular formula is C12H13NOS2. The van der Waals surface area contributed by atoms with Gasteiger partial charge in [-0.25, -0.2) is 4.98 Å². The Morgan fingerprint density at radius 3 is 2.88 bits per heavy atom. The number of hydrogen-bond acceptors (Lipinski definition) is 4.